The lowest BCUT2D eigenvalue weighted by molar-refractivity contribution is 0.186. The predicted molar refractivity (Wildman–Crippen MR) is 82.8 cm³/mol. The molecule has 0 radical (unpaired) electrons. The van der Waals surface area contributed by atoms with Crippen molar-refractivity contribution in [3.8, 4) is 5.75 Å². The van der Waals surface area contributed by atoms with E-state index >= 15 is 0 Å². The van der Waals surface area contributed by atoms with Crippen LogP contribution in [0.1, 0.15) is 19.8 Å². The Labute approximate surface area is 124 Å². The van der Waals surface area contributed by atoms with Crippen molar-refractivity contribution in [2.75, 3.05) is 25.0 Å². The van der Waals surface area contributed by atoms with Gasteiger partial charge in [0.05, 0.1) is 5.69 Å². The third-order valence-electron chi connectivity index (χ3n) is 3.58. The van der Waals surface area contributed by atoms with Gasteiger partial charge in [-0.2, -0.15) is 0 Å². The summed E-state index contributed by atoms with van der Waals surface area (Å²) < 4.78 is 5.42. The van der Waals surface area contributed by atoms with E-state index in [9.17, 15) is 4.79 Å². The lowest BCUT2D eigenvalue weighted by Crippen LogP contribution is -2.40. The first-order chi connectivity index (χ1) is 10.1. The van der Waals surface area contributed by atoms with E-state index in [0.29, 0.717) is 17.4 Å². The molecule has 6 heteroatoms. The van der Waals surface area contributed by atoms with Crippen LogP contribution in [0, 0.1) is 11.3 Å². The van der Waals surface area contributed by atoms with Crippen molar-refractivity contribution in [3.63, 3.8) is 0 Å². The highest BCUT2D eigenvalue weighted by Crippen LogP contribution is 2.25. The minimum atomic E-state index is -0.110. The Balaban J connectivity index is 1.98. The fraction of sp³-hybridized carbons (Fsp3) is 0.467. The molecule has 0 aromatic heterocycles. The molecule has 0 atom stereocenters. The molecule has 1 aliphatic heterocycles. The second-order valence-corrected chi connectivity index (χ2v) is 5.41. The summed E-state index contributed by atoms with van der Waals surface area (Å²) in [6.45, 7) is 3.78. The Morgan fingerprint density at radius 2 is 2.10 bits per heavy atom. The van der Waals surface area contributed by atoms with Crippen molar-refractivity contribution in [1.82, 2.24) is 4.90 Å². The molecule has 0 unspecified atom stereocenters. The van der Waals surface area contributed by atoms with Crippen LogP contribution in [0.4, 0.5) is 10.5 Å². The molecule has 4 N–H and O–H groups in total. The molecule has 6 nitrogen and oxygen atoms in total. The van der Waals surface area contributed by atoms with E-state index in [-0.39, 0.29) is 18.5 Å². The average molecular weight is 290 g/mol. The van der Waals surface area contributed by atoms with Gasteiger partial charge in [0, 0.05) is 13.1 Å². The molecule has 0 aliphatic carbocycles. The monoisotopic (exact) mass is 290 g/mol. The van der Waals surface area contributed by atoms with Gasteiger partial charge in [-0.15, -0.1) is 0 Å². The van der Waals surface area contributed by atoms with E-state index in [2.05, 4.69) is 12.2 Å². The zero-order valence-corrected chi connectivity index (χ0v) is 12.3. The molecule has 21 heavy (non-hydrogen) atoms. The number of piperidine rings is 1. The Morgan fingerprint density at radius 3 is 2.76 bits per heavy atom. The number of urea groups is 1. The summed E-state index contributed by atoms with van der Waals surface area (Å²) in [4.78, 5) is 14.1. The van der Waals surface area contributed by atoms with Gasteiger partial charge in [-0.05, 0) is 30.9 Å². The maximum Gasteiger partial charge on any atom is 0.321 e. The zero-order chi connectivity index (χ0) is 15.2. The molecular weight excluding hydrogens is 268 g/mol. The minimum Gasteiger partial charge on any atom is -0.484 e. The quantitative estimate of drug-likeness (QED) is 0.586. The van der Waals surface area contributed by atoms with Crippen molar-refractivity contribution in [3.05, 3.63) is 24.3 Å². The van der Waals surface area contributed by atoms with Gasteiger partial charge in [-0.1, -0.05) is 19.1 Å². The summed E-state index contributed by atoms with van der Waals surface area (Å²) in [5.41, 5.74) is 5.88. The van der Waals surface area contributed by atoms with Gasteiger partial charge in [0.1, 0.15) is 18.2 Å². The summed E-state index contributed by atoms with van der Waals surface area (Å²) in [7, 11) is 0. The molecule has 0 saturated carbocycles. The van der Waals surface area contributed by atoms with Crippen LogP contribution in [-0.2, 0) is 0 Å². The first kappa shape index (κ1) is 15.2. The SMILES string of the molecule is CC1CCN(C(=O)Nc2ccccc2OCC(=N)N)CC1. The first-order valence-electron chi connectivity index (χ1n) is 7.17. The van der Waals surface area contributed by atoms with Gasteiger partial charge in [-0.25, -0.2) is 4.79 Å². The Bertz CT molecular complexity index is 510. The van der Waals surface area contributed by atoms with E-state index in [0.717, 1.165) is 25.9 Å². The molecule has 0 spiro atoms. The fourth-order valence-corrected chi connectivity index (χ4v) is 2.26. The van der Waals surface area contributed by atoms with Gasteiger partial charge in [-0.3, -0.25) is 5.41 Å². The molecule has 1 fully saturated rings. The highest BCUT2D eigenvalue weighted by atomic mass is 16.5. The Morgan fingerprint density at radius 1 is 1.43 bits per heavy atom. The highest BCUT2D eigenvalue weighted by Gasteiger charge is 2.20. The maximum atomic E-state index is 12.3. The topological polar surface area (TPSA) is 91.4 Å². The predicted octanol–water partition coefficient (Wildman–Crippen LogP) is 2.27. The lowest BCUT2D eigenvalue weighted by atomic mass is 10.00. The number of benzene rings is 1. The van der Waals surface area contributed by atoms with Crippen molar-refractivity contribution < 1.29 is 9.53 Å². The van der Waals surface area contributed by atoms with Gasteiger partial charge in [0.25, 0.3) is 0 Å². The molecule has 2 rings (SSSR count). The van der Waals surface area contributed by atoms with Crippen molar-refractivity contribution in [2.24, 2.45) is 11.7 Å². The van der Waals surface area contributed by atoms with Gasteiger partial charge < -0.3 is 20.7 Å². The van der Waals surface area contributed by atoms with Crippen LogP contribution in [0.2, 0.25) is 0 Å². The molecule has 1 aliphatic rings. The van der Waals surface area contributed by atoms with E-state index in [1.54, 1.807) is 12.1 Å². The molecule has 1 heterocycles. The van der Waals surface area contributed by atoms with Crippen molar-refractivity contribution in [2.45, 2.75) is 19.8 Å². The third-order valence-corrected chi connectivity index (χ3v) is 3.58. The molecule has 1 saturated heterocycles. The van der Waals surface area contributed by atoms with Gasteiger partial charge >= 0.3 is 6.03 Å². The number of likely N-dealkylation sites (tertiary alicyclic amines) is 1. The third kappa shape index (κ3) is 4.37. The number of nitrogens with one attached hydrogen (secondary N) is 2. The van der Waals surface area contributed by atoms with E-state index in [4.69, 9.17) is 15.9 Å². The number of hydrogen-bond donors (Lipinski definition) is 3. The number of nitrogens with zero attached hydrogens (tertiary/aromatic N) is 1. The number of rotatable bonds is 4. The normalized spacial score (nSPS) is 15.6. The minimum absolute atomic E-state index is 0.00805. The smallest absolute Gasteiger partial charge is 0.321 e. The molecule has 1 aromatic carbocycles. The summed E-state index contributed by atoms with van der Waals surface area (Å²) in [6.07, 6.45) is 2.08. The van der Waals surface area contributed by atoms with Crippen LogP contribution in [0.3, 0.4) is 0 Å². The number of carbonyl (C=O) groups is 1. The Hall–Kier alpha value is -2.24. The van der Waals surface area contributed by atoms with Crippen LogP contribution in [-0.4, -0.2) is 36.5 Å². The number of para-hydroxylation sites is 2. The van der Waals surface area contributed by atoms with Crippen LogP contribution >= 0.6 is 0 Å². The first-order valence-corrected chi connectivity index (χ1v) is 7.17. The zero-order valence-electron chi connectivity index (χ0n) is 12.3. The maximum absolute atomic E-state index is 12.3. The summed E-state index contributed by atoms with van der Waals surface area (Å²) in [5, 5.41) is 10.1. The second-order valence-electron chi connectivity index (χ2n) is 5.41. The molecule has 2 amide bonds. The number of nitrogens with two attached hydrogens (primary N) is 1. The van der Waals surface area contributed by atoms with Crippen LogP contribution < -0.4 is 15.8 Å². The largest absolute Gasteiger partial charge is 0.484 e. The molecule has 114 valence electrons. The summed E-state index contributed by atoms with van der Waals surface area (Å²) in [6, 6.07) is 7.06. The number of amides is 2. The molecular formula is C15H22N4O2. The summed E-state index contributed by atoms with van der Waals surface area (Å²) >= 11 is 0. The average Bonchev–Trinajstić information content (AvgIpc) is 2.47. The number of ether oxygens (including phenoxy) is 1. The number of amidine groups is 1. The lowest BCUT2D eigenvalue weighted by Gasteiger charge is -2.30. The van der Waals surface area contributed by atoms with E-state index < -0.39 is 0 Å². The van der Waals surface area contributed by atoms with Crippen LogP contribution in [0.25, 0.3) is 0 Å². The number of hydrogen-bond acceptors (Lipinski definition) is 3. The summed E-state index contributed by atoms with van der Waals surface area (Å²) in [5.74, 6) is 1.15. The van der Waals surface area contributed by atoms with E-state index in [1.807, 2.05) is 17.0 Å². The van der Waals surface area contributed by atoms with Crippen molar-refractivity contribution in [1.29, 1.82) is 5.41 Å². The van der Waals surface area contributed by atoms with E-state index in [1.165, 1.54) is 0 Å². The highest BCUT2D eigenvalue weighted by molar-refractivity contribution is 5.91. The molecule has 1 aromatic rings. The van der Waals surface area contributed by atoms with Gasteiger partial charge in [0.2, 0.25) is 0 Å². The van der Waals surface area contributed by atoms with Crippen LogP contribution in [0.5, 0.6) is 5.75 Å². The second kappa shape index (κ2) is 6.97. The van der Waals surface area contributed by atoms with Crippen LogP contribution in [0.15, 0.2) is 24.3 Å². The Kier molecular flexibility index (Phi) is 5.03. The number of carbonyl (C=O) groups excluding carboxylic acids is 1. The number of anilines is 1. The molecule has 0 bridgehead atoms. The van der Waals surface area contributed by atoms with Crippen molar-refractivity contribution >= 4 is 17.6 Å². The van der Waals surface area contributed by atoms with Gasteiger partial charge in [0.15, 0.2) is 0 Å². The standard InChI is InChI=1S/C15H22N4O2/c1-11-6-8-19(9-7-11)15(20)18-12-4-2-3-5-13(12)21-10-14(16)17/h2-5,11H,6-10H2,1H3,(H3,16,17)(H,18,20). The fourth-order valence-electron chi connectivity index (χ4n) is 2.26.